The Morgan fingerprint density at radius 3 is 2.71 bits per heavy atom. The van der Waals surface area contributed by atoms with Crippen molar-refractivity contribution in [1.82, 2.24) is 23.7 Å². The summed E-state index contributed by atoms with van der Waals surface area (Å²) in [6.07, 6.45) is 2.57. The van der Waals surface area contributed by atoms with Gasteiger partial charge in [-0.25, -0.2) is 4.79 Å². The predicted molar refractivity (Wildman–Crippen MR) is 134 cm³/mol. The van der Waals surface area contributed by atoms with Crippen molar-refractivity contribution in [2.24, 2.45) is 14.1 Å². The first-order chi connectivity index (χ1) is 16.5. The van der Waals surface area contributed by atoms with Crippen LogP contribution < -0.4 is 16.6 Å². The summed E-state index contributed by atoms with van der Waals surface area (Å²) >= 11 is 6.26. The molecule has 1 saturated carbocycles. The SMILES string of the molecule is Cn1c(N[C@@H]2CCC[C@H]2OS(C)(=O)=O)nc2c1c(=O)n(Cc1cc3c(Cl)cccc3[nH]1)c(=O)n2C. The molecule has 0 aliphatic heterocycles. The fourth-order valence-corrected chi connectivity index (χ4v) is 5.65. The van der Waals surface area contributed by atoms with E-state index in [2.05, 4.69) is 15.3 Å². The minimum atomic E-state index is -3.61. The second-order valence-electron chi connectivity index (χ2n) is 8.92. The molecule has 0 spiro atoms. The van der Waals surface area contributed by atoms with Gasteiger partial charge in [0.15, 0.2) is 11.2 Å². The molecule has 186 valence electrons. The number of nitrogens with zero attached hydrogens (tertiary/aromatic N) is 4. The Morgan fingerprint density at radius 1 is 1.23 bits per heavy atom. The van der Waals surface area contributed by atoms with Gasteiger partial charge in [-0.2, -0.15) is 13.4 Å². The number of aryl methyl sites for hydroxylation is 2. The van der Waals surface area contributed by atoms with Gasteiger partial charge in [0.1, 0.15) is 0 Å². The summed E-state index contributed by atoms with van der Waals surface area (Å²) < 4.78 is 32.5. The van der Waals surface area contributed by atoms with Gasteiger partial charge < -0.3 is 14.9 Å². The quantitative estimate of drug-likeness (QED) is 0.371. The summed E-state index contributed by atoms with van der Waals surface area (Å²) in [6, 6.07) is 7.00. The third-order valence-electron chi connectivity index (χ3n) is 6.42. The number of nitrogens with one attached hydrogen (secondary N) is 2. The maximum Gasteiger partial charge on any atom is 0.332 e. The van der Waals surface area contributed by atoms with Crippen LogP contribution in [0.5, 0.6) is 0 Å². The lowest BCUT2D eigenvalue weighted by Gasteiger charge is -2.20. The van der Waals surface area contributed by atoms with E-state index in [0.29, 0.717) is 29.5 Å². The van der Waals surface area contributed by atoms with Crippen LogP contribution >= 0.6 is 11.6 Å². The molecule has 1 aliphatic carbocycles. The molecule has 0 radical (unpaired) electrons. The molecule has 0 amide bonds. The second kappa shape index (κ2) is 8.54. The van der Waals surface area contributed by atoms with Crippen LogP contribution in [0.3, 0.4) is 0 Å². The zero-order chi connectivity index (χ0) is 25.1. The highest BCUT2D eigenvalue weighted by atomic mass is 35.5. The predicted octanol–water partition coefficient (Wildman–Crippen LogP) is 1.93. The maximum atomic E-state index is 13.4. The third kappa shape index (κ3) is 4.26. The Hall–Kier alpha value is -3.09. The minimum Gasteiger partial charge on any atom is -0.357 e. The van der Waals surface area contributed by atoms with Crippen molar-refractivity contribution >= 4 is 49.7 Å². The van der Waals surface area contributed by atoms with Crippen LogP contribution in [0, 0.1) is 0 Å². The number of fused-ring (bicyclic) bond motifs is 2. The molecule has 5 rings (SSSR count). The number of hydrogen-bond donors (Lipinski definition) is 2. The van der Waals surface area contributed by atoms with E-state index >= 15 is 0 Å². The highest BCUT2D eigenvalue weighted by molar-refractivity contribution is 7.86. The molecule has 2 N–H and O–H groups in total. The zero-order valence-electron chi connectivity index (χ0n) is 19.4. The summed E-state index contributed by atoms with van der Waals surface area (Å²) in [5, 5.41) is 4.60. The minimum absolute atomic E-state index is 0.0350. The number of halogens is 1. The molecular formula is C22H25ClN6O5S. The van der Waals surface area contributed by atoms with E-state index in [-0.39, 0.29) is 23.8 Å². The molecule has 2 atom stereocenters. The molecule has 3 heterocycles. The van der Waals surface area contributed by atoms with E-state index < -0.39 is 27.5 Å². The Balaban J connectivity index is 1.53. The first kappa shape index (κ1) is 23.6. The van der Waals surface area contributed by atoms with Crippen LogP contribution in [-0.4, -0.2) is 50.5 Å². The fourth-order valence-electron chi connectivity index (χ4n) is 4.74. The van der Waals surface area contributed by atoms with Crippen LogP contribution in [0.1, 0.15) is 25.0 Å². The molecule has 11 nitrogen and oxygen atoms in total. The summed E-state index contributed by atoms with van der Waals surface area (Å²) in [4.78, 5) is 34.2. The van der Waals surface area contributed by atoms with E-state index in [9.17, 15) is 18.0 Å². The van der Waals surface area contributed by atoms with Gasteiger partial charge in [-0.05, 0) is 37.5 Å². The summed E-state index contributed by atoms with van der Waals surface area (Å²) in [6.45, 7) is 0.0350. The van der Waals surface area contributed by atoms with Crippen molar-refractivity contribution in [1.29, 1.82) is 0 Å². The Kier molecular flexibility index (Phi) is 5.77. The van der Waals surface area contributed by atoms with Gasteiger partial charge >= 0.3 is 5.69 Å². The molecule has 3 aromatic heterocycles. The molecule has 13 heteroatoms. The van der Waals surface area contributed by atoms with Crippen LogP contribution in [0.15, 0.2) is 33.9 Å². The lowest BCUT2D eigenvalue weighted by atomic mass is 10.2. The van der Waals surface area contributed by atoms with Crippen molar-refractivity contribution in [3.05, 3.63) is 55.8 Å². The van der Waals surface area contributed by atoms with Crippen LogP contribution in [-0.2, 0) is 34.9 Å². The number of aromatic nitrogens is 5. The molecular weight excluding hydrogens is 496 g/mol. The zero-order valence-corrected chi connectivity index (χ0v) is 21.0. The number of aromatic amines is 1. The van der Waals surface area contributed by atoms with Gasteiger partial charge in [0.25, 0.3) is 15.7 Å². The van der Waals surface area contributed by atoms with Gasteiger partial charge in [0.2, 0.25) is 5.95 Å². The van der Waals surface area contributed by atoms with Crippen molar-refractivity contribution < 1.29 is 12.6 Å². The van der Waals surface area contributed by atoms with E-state index in [0.717, 1.165) is 28.1 Å². The van der Waals surface area contributed by atoms with Gasteiger partial charge in [0.05, 0.1) is 24.9 Å². The molecule has 1 aromatic carbocycles. The fraction of sp³-hybridized carbons (Fsp3) is 0.409. The number of benzene rings is 1. The van der Waals surface area contributed by atoms with Crippen molar-refractivity contribution in [2.45, 2.75) is 38.0 Å². The Morgan fingerprint density at radius 2 is 2.00 bits per heavy atom. The van der Waals surface area contributed by atoms with Crippen LogP contribution in [0.4, 0.5) is 5.95 Å². The average molecular weight is 521 g/mol. The van der Waals surface area contributed by atoms with Crippen molar-refractivity contribution in [3.8, 4) is 0 Å². The Labute approximate surface area is 205 Å². The van der Waals surface area contributed by atoms with Gasteiger partial charge in [-0.15, -0.1) is 0 Å². The first-order valence-corrected chi connectivity index (χ1v) is 13.3. The number of anilines is 1. The highest BCUT2D eigenvalue weighted by Crippen LogP contribution is 2.27. The summed E-state index contributed by atoms with van der Waals surface area (Å²) in [5.41, 5.74) is 0.982. The van der Waals surface area contributed by atoms with Crippen molar-refractivity contribution in [3.63, 3.8) is 0 Å². The number of rotatable bonds is 6. The van der Waals surface area contributed by atoms with E-state index in [1.807, 2.05) is 18.2 Å². The average Bonchev–Trinajstić information content (AvgIpc) is 3.48. The summed E-state index contributed by atoms with van der Waals surface area (Å²) in [5.74, 6) is 0.358. The first-order valence-electron chi connectivity index (χ1n) is 11.1. The molecule has 35 heavy (non-hydrogen) atoms. The Bertz CT molecular complexity index is 1680. The highest BCUT2D eigenvalue weighted by Gasteiger charge is 2.32. The second-order valence-corrected chi connectivity index (χ2v) is 10.9. The molecule has 0 saturated heterocycles. The summed E-state index contributed by atoms with van der Waals surface area (Å²) in [7, 11) is -0.373. The van der Waals surface area contributed by atoms with E-state index in [1.54, 1.807) is 24.7 Å². The van der Waals surface area contributed by atoms with E-state index in [1.165, 1.54) is 4.57 Å². The molecule has 1 aliphatic rings. The van der Waals surface area contributed by atoms with Crippen molar-refractivity contribution in [2.75, 3.05) is 11.6 Å². The molecule has 0 bridgehead atoms. The number of H-pyrrole nitrogens is 1. The van der Waals surface area contributed by atoms with E-state index in [4.69, 9.17) is 15.8 Å². The van der Waals surface area contributed by atoms with Gasteiger partial charge in [0, 0.05) is 35.7 Å². The lowest BCUT2D eigenvalue weighted by molar-refractivity contribution is 0.207. The molecule has 4 aromatic rings. The maximum absolute atomic E-state index is 13.4. The normalized spacial score (nSPS) is 18.6. The molecule has 1 fully saturated rings. The topological polar surface area (TPSA) is 133 Å². The van der Waals surface area contributed by atoms with Crippen LogP contribution in [0.25, 0.3) is 22.1 Å². The third-order valence-corrected chi connectivity index (χ3v) is 7.35. The monoisotopic (exact) mass is 520 g/mol. The number of imidazole rings is 1. The van der Waals surface area contributed by atoms with Gasteiger partial charge in [-0.1, -0.05) is 17.7 Å². The smallest absolute Gasteiger partial charge is 0.332 e. The molecule has 0 unspecified atom stereocenters. The largest absolute Gasteiger partial charge is 0.357 e. The lowest BCUT2D eigenvalue weighted by Crippen LogP contribution is -2.39. The number of hydrogen-bond acceptors (Lipinski definition) is 7. The standard InChI is InChI=1S/C22H25ClN6O5S/c1-27-18-19(26-21(27)25-16-8-5-9-17(16)34-35(3,32)33)28(2)22(31)29(20(18)30)11-12-10-13-14(23)6-4-7-15(13)24-12/h4,6-7,10,16-17,24H,5,8-9,11H2,1-3H3,(H,25,26)/t16-,17-/m1/s1. The van der Waals surface area contributed by atoms with Gasteiger partial charge in [-0.3, -0.25) is 18.1 Å². The van der Waals surface area contributed by atoms with Crippen LogP contribution in [0.2, 0.25) is 5.02 Å².